The van der Waals surface area contributed by atoms with Crippen LogP contribution in [0.15, 0.2) is 78.9 Å². The molecule has 1 aliphatic rings. The predicted molar refractivity (Wildman–Crippen MR) is 138 cm³/mol. The second kappa shape index (κ2) is 12.5. The number of hydrogen-bond donors (Lipinski definition) is 1. The summed E-state index contributed by atoms with van der Waals surface area (Å²) in [4.78, 5) is 2.54. The highest BCUT2D eigenvalue weighted by Crippen LogP contribution is 2.40. The zero-order valence-corrected chi connectivity index (χ0v) is 19.9. The third-order valence-corrected chi connectivity index (χ3v) is 6.67. The number of anilines is 1. The Morgan fingerprint density at radius 2 is 1.66 bits per heavy atom. The first-order chi connectivity index (χ1) is 15.7. The summed E-state index contributed by atoms with van der Waals surface area (Å²) >= 11 is 0. The fourth-order valence-corrected chi connectivity index (χ4v) is 4.69. The maximum atomic E-state index is 9.18. The van der Waals surface area contributed by atoms with Gasteiger partial charge in [0.2, 0.25) is 0 Å². The quantitative estimate of drug-likeness (QED) is 0.406. The number of benzene rings is 2. The molecule has 0 aromatic heterocycles. The highest BCUT2D eigenvalue weighted by atomic mass is 16.2. The molecule has 0 aliphatic heterocycles. The molecular formula is C30H39NO. The van der Waals surface area contributed by atoms with Gasteiger partial charge in [-0.15, -0.1) is 0 Å². The molecule has 2 aromatic rings. The Kier molecular flexibility index (Phi) is 9.37. The molecule has 0 saturated heterocycles. The van der Waals surface area contributed by atoms with Crippen LogP contribution in [-0.4, -0.2) is 18.3 Å². The summed E-state index contributed by atoms with van der Waals surface area (Å²) in [6.07, 6.45) is 14.8. The molecule has 0 amide bonds. The Balaban J connectivity index is 1.80. The van der Waals surface area contributed by atoms with E-state index < -0.39 is 0 Å². The van der Waals surface area contributed by atoms with Gasteiger partial charge in [-0.3, -0.25) is 0 Å². The van der Waals surface area contributed by atoms with E-state index in [2.05, 4.69) is 79.9 Å². The molecule has 2 aromatic carbocycles. The van der Waals surface area contributed by atoms with E-state index in [-0.39, 0.29) is 6.61 Å². The molecular weight excluding hydrogens is 390 g/mol. The fourth-order valence-electron chi connectivity index (χ4n) is 4.69. The molecule has 2 heteroatoms. The van der Waals surface area contributed by atoms with Crippen molar-refractivity contribution in [2.45, 2.75) is 64.8 Å². The van der Waals surface area contributed by atoms with Gasteiger partial charge in [-0.1, -0.05) is 79.8 Å². The van der Waals surface area contributed by atoms with Crippen LogP contribution in [0.25, 0.3) is 0 Å². The van der Waals surface area contributed by atoms with E-state index in [1.54, 1.807) is 5.57 Å². The molecule has 0 unspecified atom stereocenters. The summed E-state index contributed by atoms with van der Waals surface area (Å²) < 4.78 is 0. The van der Waals surface area contributed by atoms with E-state index in [1.165, 1.54) is 53.6 Å². The number of aryl methyl sites for hydroxylation is 1. The molecule has 0 atom stereocenters. The first-order valence-corrected chi connectivity index (χ1v) is 12.2. The van der Waals surface area contributed by atoms with Crippen molar-refractivity contribution >= 4 is 5.69 Å². The zero-order valence-electron chi connectivity index (χ0n) is 19.9. The van der Waals surface area contributed by atoms with Crippen molar-refractivity contribution in [1.29, 1.82) is 0 Å². The topological polar surface area (TPSA) is 23.5 Å². The van der Waals surface area contributed by atoms with Crippen LogP contribution >= 0.6 is 0 Å². The number of hydrogen-bond acceptors (Lipinski definition) is 2. The zero-order chi connectivity index (χ0) is 22.8. The lowest BCUT2D eigenvalue weighted by Crippen LogP contribution is -2.24. The SMILES string of the molecule is C=C/C=C\C=C1CCC(c2ccc(CC)cc2N(CC)Cc2ccc(CCO)cc2)CC1. The second-order valence-corrected chi connectivity index (χ2v) is 8.77. The summed E-state index contributed by atoms with van der Waals surface area (Å²) in [5.74, 6) is 0.623. The van der Waals surface area contributed by atoms with E-state index in [9.17, 15) is 5.11 Å². The van der Waals surface area contributed by atoms with Crippen molar-refractivity contribution in [2.24, 2.45) is 0 Å². The first kappa shape index (κ1) is 24.1. The average molecular weight is 430 g/mol. The lowest BCUT2D eigenvalue weighted by molar-refractivity contribution is 0.299. The van der Waals surface area contributed by atoms with Gasteiger partial charge in [-0.05, 0) is 79.7 Å². The van der Waals surface area contributed by atoms with Crippen LogP contribution in [0.2, 0.25) is 0 Å². The summed E-state index contributed by atoms with van der Waals surface area (Å²) in [5, 5.41) is 9.18. The average Bonchev–Trinajstić information content (AvgIpc) is 2.84. The molecule has 0 radical (unpaired) electrons. The second-order valence-electron chi connectivity index (χ2n) is 8.77. The van der Waals surface area contributed by atoms with Gasteiger partial charge in [-0.2, -0.15) is 0 Å². The Morgan fingerprint density at radius 1 is 0.969 bits per heavy atom. The predicted octanol–water partition coefficient (Wildman–Crippen LogP) is 7.14. The lowest BCUT2D eigenvalue weighted by atomic mass is 9.80. The van der Waals surface area contributed by atoms with E-state index >= 15 is 0 Å². The van der Waals surface area contributed by atoms with Crippen LogP contribution in [-0.2, 0) is 19.4 Å². The van der Waals surface area contributed by atoms with E-state index in [4.69, 9.17) is 0 Å². The van der Waals surface area contributed by atoms with Gasteiger partial charge in [-0.25, -0.2) is 0 Å². The number of rotatable bonds is 10. The summed E-state index contributed by atoms with van der Waals surface area (Å²) in [7, 11) is 0. The van der Waals surface area contributed by atoms with Crippen molar-refractivity contribution in [3.8, 4) is 0 Å². The molecule has 32 heavy (non-hydrogen) atoms. The van der Waals surface area contributed by atoms with Crippen LogP contribution < -0.4 is 4.90 Å². The van der Waals surface area contributed by atoms with Gasteiger partial charge in [0.05, 0.1) is 0 Å². The molecule has 3 rings (SSSR count). The van der Waals surface area contributed by atoms with Gasteiger partial charge < -0.3 is 10.0 Å². The van der Waals surface area contributed by atoms with Gasteiger partial charge >= 0.3 is 0 Å². The lowest BCUT2D eigenvalue weighted by Gasteiger charge is -2.32. The maximum absolute atomic E-state index is 9.18. The molecule has 0 heterocycles. The highest BCUT2D eigenvalue weighted by Gasteiger charge is 2.22. The normalized spacial score (nSPS) is 16.3. The third-order valence-electron chi connectivity index (χ3n) is 6.67. The molecule has 2 nitrogen and oxygen atoms in total. The van der Waals surface area contributed by atoms with Crippen LogP contribution in [0.5, 0.6) is 0 Å². The van der Waals surface area contributed by atoms with Crippen molar-refractivity contribution in [1.82, 2.24) is 0 Å². The Morgan fingerprint density at radius 3 is 2.28 bits per heavy atom. The van der Waals surface area contributed by atoms with Gasteiger partial charge in [0.15, 0.2) is 0 Å². The molecule has 170 valence electrons. The van der Waals surface area contributed by atoms with Crippen molar-refractivity contribution in [2.75, 3.05) is 18.1 Å². The Labute approximate surface area is 195 Å². The van der Waals surface area contributed by atoms with Crippen LogP contribution in [0.1, 0.15) is 67.7 Å². The van der Waals surface area contributed by atoms with E-state index in [0.29, 0.717) is 5.92 Å². The Bertz CT molecular complexity index is 912. The standard InChI is InChI=1S/C30H39NO/c1-4-7-8-9-25-14-17-28(18-15-25)29-19-16-24(5-2)22-30(29)31(6-3)23-27-12-10-26(11-13-27)20-21-32/h4,7-13,16,19,22,28,32H,1,5-6,14-15,17-18,20-21,23H2,2-3H3/b8-7-,25-9?. The van der Waals surface area contributed by atoms with Crippen LogP contribution in [0.4, 0.5) is 5.69 Å². The molecule has 1 aliphatic carbocycles. The van der Waals surface area contributed by atoms with Crippen molar-refractivity contribution in [3.63, 3.8) is 0 Å². The number of aliphatic hydroxyl groups excluding tert-OH is 1. The number of allylic oxidation sites excluding steroid dienone is 5. The molecule has 1 saturated carbocycles. The molecule has 1 N–H and O–H groups in total. The van der Waals surface area contributed by atoms with E-state index in [1.807, 2.05) is 12.2 Å². The summed E-state index contributed by atoms with van der Waals surface area (Å²) in [6.45, 7) is 10.4. The Hall–Kier alpha value is -2.58. The van der Waals surface area contributed by atoms with Crippen molar-refractivity contribution in [3.05, 3.63) is 101 Å². The minimum Gasteiger partial charge on any atom is -0.396 e. The summed E-state index contributed by atoms with van der Waals surface area (Å²) in [6, 6.07) is 15.9. The monoisotopic (exact) mass is 429 g/mol. The molecule has 0 bridgehead atoms. The maximum Gasteiger partial charge on any atom is 0.0471 e. The molecule has 0 spiro atoms. The fraction of sp³-hybridized carbons (Fsp3) is 0.400. The van der Waals surface area contributed by atoms with E-state index in [0.717, 1.165) is 25.9 Å². The smallest absolute Gasteiger partial charge is 0.0471 e. The van der Waals surface area contributed by atoms with Gasteiger partial charge in [0, 0.05) is 25.4 Å². The minimum absolute atomic E-state index is 0.205. The van der Waals surface area contributed by atoms with Gasteiger partial charge in [0.25, 0.3) is 0 Å². The minimum atomic E-state index is 0.205. The van der Waals surface area contributed by atoms with Crippen LogP contribution in [0, 0.1) is 0 Å². The van der Waals surface area contributed by atoms with Crippen molar-refractivity contribution < 1.29 is 5.11 Å². The van der Waals surface area contributed by atoms with Gasteiger partial charge in [0.1, 0.15) is 0 Å². The summed E-state index contributed by atoms with van der Waals surface area (Å²) in [5.41, 5.74) is 8.41. The first-order valence-electron chi connectivity index (χ1n) is 12.2. The number of nitrogens with zero attached hydrogens (tertiary/aromatic N) is 1. The largest absolute Gasteiger partial charge is 0.396 e. The third kappa shape index (κ3) is 6.46. The van der Waals surface area contributed by atoms with Crippen LogP contribution in [0.3, 0.4) is 0 Å². The number of aliphatic hydroxyl groups is 1. The highest BCUT2D eigenvalue weighted by molar-refractivity contribution is 5.58. The molecule has 1 fully saturated rings.